The van der Waals surface area contributed by atoms with E-state index in [1.807, 2.05) is 5.57 Å². The van der Waals surface area contributed by atoms with Crippen LogP contribution in [-0.2, 0) is 0 Å². The second-order valence-electron chi connectivity index (χ2n) is 8.70. The van der Waals surface area contributed by atoms with Gasteiger partial charge in [0.1, 0.15) is 0 Å². The van der Waals surface area contributed by atoms with Gasteiger partial charge in [0.05, 0.1) is 0 Å². The first-order chi connectivity index (χ1) is 8.16. The van der Waals surface area contributed by atoms with Crippen molar-refractivity contribution < 1.29 is 0 Å². The molecule has 0 aromatic rings. The van der Waals surface area contributed by atoms with Crippen LogP contribution in [-0.4, -0.2) is 16.1 Å². The van der Waals surface area contributed by atoms with Crippen LogP contribution in [0.1, 0.15) is 32.1 Å². The molecule has 2 heteroatoms. The summed E-state index contributed by atoms with van der Waals surface area (Å²) in [5.41, 5.74) is 1.83. The topological polar surface area (TPSA) is 0 Å². The van der Waals surface area contributed by atoms with E-state index in [2.05, 4.69) is 45.4 Å². The zero-order valence-corrected chi connectivity index (χ0v) is 15.6. The van der Waals surface area contributed by atoms with Gasteiger partial charge >= 0.3 is 0 Å². The minimum absolute atomic E-state index is 0.918. The average Bonchev–Trinajstić information content (AvgIpc) is 2.13. The van der Waals surface area contributed by atoms with Crippen molar-refractivity contribution in [2.45, 2.75) is 83.5 Å². The van der Waals surface area contributed by atoms with Crippen LogP contribution in [0.5, 0.6) is 0 Å². The number of allylic oxidation sites excluding steroid dienone is 2. The zero-order valence-electron chi connectivity index (χ0n) is 13.6. The summed E-state index contributed by atoms with van der Waals surface area (Å²) in [6.45, 7) is 15.1. The Morgan fingerprint density at radius 3 is 1.67 bits per heavy atom. The fourth-order valence-electron chi connectivity index (χ4n) is 3.18. The third-order valence-corrected chi connectivity index (χ3v) is 6.67. The Kier molecular flexibility index (Phi) is 5.91. The van der Waals surface area contributed by atoms with Gasteiger partial charge in [0.25, 0.3) is 0 Å². The predicted octanol–water partition coefficient (Wildman–Crippen LogP) is 6.17. The highest BCUT2D eigenvalue weighted by atomic mass is 28.3. The van der Waals surface area contributed by atoms with E-state index in [4.69, 9.17) is 0 Å². The van der Waals surface area contributed by atoms with E-state index in [0.717, 1.165) is 5.92 Å². The molecule has 18 heavy (non-hydrogen) atoms. The van der Waals surface area contributed by atoms with Crippen molar-refractivity contribution in [2.24, 2.45) is 5.92 Å². The minimum atomic E-state index is -0.951. The number of hydrogen-bond donors (Lipinski definition) is 0. The summed E-state index contributed by atoms with van der Waals surface area (Å²) in [6, 6.07) is 2.88. The molecule has 0 aromatic heterocycles. The summed E-state index contributed by atoms with van der Waals surface area (Å²) in [4.78, 5) is 0. The smallest absolute Gasteiger partial charge is 0.0483 e. The molecule has 0 aliphatic heterocycles. The average molecular weight is 283 g/mol. The lowest BCUT2D eigenvalue weighted by atomic mass is 9.88. The van der Waals surface area contributed by atoms with E-state index in [-0.39, 0.29) is 0 Å². The Bertz CT molecular complexity index is 254. The van der Waals surface area contributed by atoms with Crippen molar-refractivity contribution >= 4 is 16.1 Å². The van der Waals surface area contributed by atoms with Gasteiger partial charge in [0.2, 0.25) is 0 Å². The first kappa shape index (κ1) is 16.2. The van der Waals surface area contributed by atoms with Crippen LogP contribution in [0, 0.1) is 5.92 Å². The highest BCUT2D eigenvalue weighted by Crippen LogP contribution is 2.31. The maximum atomic E-state index is 2.72. The normalized spacial score (nSPS) is 18.8. The molecule has 0 aromatic carbocycles. The van der Waals surface area contributed by atoms with Gasteiger partial charge in [-0.2, -0.15) is 0 Å². The Morgan fingerprint density at radius 1 is 0.833 bits per heavy atom. The molecule has 0 heterocycles. The quantitative estimate of drug-likeness (QED) is 0.418. The third kappa shape index (κ3) is 7.57. The summed E-state index contributed by atoms with van der Waals surface area (Å²) in [5, 5.41) is 0. The molecule has 0 N–H and O–H groups in total. The summed E-state index contributed by atoms with van der Waals surface area (Å²) in [5.74, 6) is 0.918. The fraction of sp³-hybridized carbons (Fsp3) is 0.875. The van der Waals surface area contributed by atoms with Crippen LogP contribution in [0.2, 0.25) is 51.4 Å². The van der Waals surface area contributed by atoms with Crippen molar-refractivity contribution in [1.29, 1.82) is 0 Å². The molecule has 0 spiro atoms. The second kappa shape index (κ2) is 6.56. The first-order valence-electron chi connectivity index (χ1n) is 7.85. The lowest BCUT2D eigenvalue weighted by Crippen LogP contribution is -2.25. The molecule has 1 saturated carbocycles. The summed E-state index contributed by atoms with van der Waals surface area (Å²) >= 11 is 0. The van der Waals surface area contributed by atoms with Crippen molar-refractivity contribution in [2.75, 3.05) is 0 Å². The van der Waals surface area contributed by atoms with Crippen molar-refractivity contribution in [3.8, 4) is 0 Å². The van der Waals surface area contributed by atoms with Gasteiger partial charge in [0.15, 0.2) is 0 Å². The maximum absolute atomic E-state index is 2.72. The molecule has 0 bridgehead atoms. The molecule has 106 valence electrons. The molecular weight excluding hydrogens is 248 g/mol. The van der Waals surface area contributed by atoms with Gasteiger partial charge in [-0.25, -0.2) is 0 Å². The van der Waals surface area contributed by atoms with E-state index in [9.17, 15) is 0 Å². The number of hydrogen-bond acceptors (Lipinski definition) is 0. The molecule has 0 radical (unpaired) electrons. The van der Waals surface area contributed by atoms with E-state index in [0.29, 0.717) is 0 Å². The standard InChI is InChI=1S/C16H34Si2/c1-17(2,3)13-16(14-18(4,5)6)12-15-10-8-7-9-11-15/h12,15H,7-11,13-14H2,1-6H3. The Labute approximate surface area is 117 Å². The Hall–Kier alpha value is 0.174. The SMILES string of the molecule is C[Si](C)(C)CC(=CC1CCCCC1)C[Si](C)(C)C. The van der Waals surface area contributed by atoms with E-state index in [1.54, 1.807) is 0 Å². The minimum Gasteiger partial charge on any atom is -0.0828 e. The first-order valence-corrected chi connectivity index (χ1v) is 15.3. The van der Waals surface area contributed by atoms with Crippen LogP contribution < -0.4 is 0 Å². The molecule has 0 nitrogen and oxygen atoms in total. The lowest BCUT2D eigenvalue weighted by molar-refractivity contribution is 0.418. The van der Waals surface area contributed by atoms with Gasteiger partial charge < -0.3 is 0 Å². The highest BCUT2D eigenvalue weighted by Gasteiger charge is 2.22. The second-order valence-corrected chi connectivity index (χ2v) is 19.6. The van der Waals surface area contributed by atoms with Gasteiger partial charge in [-0.1, -0.05) is 70.2 Å². The van der Waals surface area contributed by atoms with E-state index >= 15 is 0 Å². The molecule has 1 fully saturated rings. The molecule has 1 aliphatic rings. The highest BCUT2D eigenvalue weighted by molar-refractivity contribution is 6.78. The van der Waals surface area contributed by atoms with Gasteiger partial charge in [-0.15, -0.1) is 0 Å². The summed E-state index contributed by atoms with van der Waals surface area (Å²) in [6.07, 6.45) is 10.0. The molecule has 0 amide bonds. The van der Waals surface area contributed by atoms with E-state index in [1.165, 1.54) is 44.2 Å². The summed E-state index contributed by atoms with van der Waals surface area (Å²) in [7, 11) is -1.90. The fourth-order valence-corrected chi connectivity index (χ4v) is 6.64. The maximum Gasteiger partial charge on any atom is 0.0483 e. The monoisotopic (exact) mass is 282 g/mol. The molecular formula is C16H34Si2. The van der Waals surface area contributed by atoms with Gasteiger partial charge in [-0.05, 0) is 30.8 Å². The van der Waals surface area contributed by atoms with Crippen LogP contribution in [0.15, 0.2) is 11.6 Å². The molecule has 0 saturated heterocycles. The van der Waals surface area contributed by atoms with Gasteiger partial charge in [0, 0.05) is 16.1 Å². The lowest BCUT2D eigenvalue weighted by Gasteiger charge is -2.26. The van der Waals surface area contributed by atoms with E-state index < -0.39 is 16.1 Å². The summed E-state index contributed by atoms with van der Waals surface area (Å²) < 4.78 is 0. The molecule has 1 aliphatic carbocycles. The third-order valence-electron chi connectivity index (χ3n) is 3.64. The van der Waals surface area contributed by atoms with Crippen LogP contribution in [0.3, 0.4) is 0 Å². The Morgan fingerprint density at radius 2 is 1.28 bits per heavy atom. The largest absolute Gasteiger partial charge is 0.0828 e. The molecule has 0 unspecified atom stereocenters. The van der Waals surface area contributed by atoms with Crippen LogP contribution in [0.4, 0.5) is 0 Å². The van der Waals surface area contributed by atoms with Crippen molar-refractivity contribution in [3.05, 3.63) is 11.6 Å². The number of rotatable bonds is 5. The van der Waals surface area contributed by atoms with Gasteiger partial charge in [-0.3, -0.25) is 0 Å². The van der Waals surface area contributed by atoms with Crippen molar-refractivity contribution in [1.82, 2.24) is 0 Å². The molecule has 1 rings (SSSR count). The molecule has 0 atom stereocenters. The predicted molar refractivity (Wildman–Crippen MR) is 91.0 cm³/mol. The van der Waals surface area contributed by atoms with Crippen LogP contribution >= 0.6 is 0 Å². The van der Waals surface area contributed by atoms with Crippen molar-refractivity contribution in [3.63, 3.8) is 0 Å². The van der Waals surface area contributed by atoms with Crippen LogP contribution in [0.25, 0.3) is 0 Å². The zero-order chi connectivity index (χ0) is 13.8. The Balaban J connectivity index is 2.71.